The standard InChI is InChI=1S/C10H9F2N3O/c11-10(12)4-2-1-3-8(10)9(16)5-15-7-13-6-14-15/h1-4,6-8H,5H2. The molecule has 1 heterocycles. The van der Waals surface area contributed by atoms with Crippen molar-refractivity contribution in [3.8, 4) is 0 Å². The number of ketones is 1. The summed E-state index contributed by atoms with van der Waals surface area (Å²) in [6.45, 7) is -0.196. The number of aromatic nitrogens is 3. The summed E-state index contributed by atoms with van der Waals surface area (Å²) in [5.41, 5.74) is 0. The number of rotatable bonds is 3. The van der Waals surface area contributed by atoms with E-state index in [0.29, 0.717) is 0 Å². The Hall–Kier alpha value is -1.85. The molecule has 0 saturated carbocycles. The van der Waals surface area contributed by atoms with Crippen molar-refractivity contribution in [1.29, 1.82) is 0 Å². The van der Waals surface area contributed by atoms with Crippen LogP contribution in [0.5, 0.6) is 0 Å². The lowest BCUT2D eigenvalue weighted by Crippen LogP contribution is -2.34. The van der Waals surface area contributed by atoms with Gasteiger partial charge in [0.2, 0.25) is 0 Å². The molecular weight excluding hydrogens is 216 g/mol. The Bertz CT molecular complexity index is 437. The Kier molecular flexibility index (Phi) is 2.64. The largest absolute Gasteiger partial charge is 0.297 e. The van der Waals surface area contributed by atoms with Gasteiger partial charge in [-0.3, -0.25) is 4.79 Å². The van der Waals surface area contributed by atoms with Gasteiger partial charge in [-0.2, -0.15) is 5.10 Å². The van der Waals surface area contributed by atoms with Crippen molar-refractivity contribution < 1.29 is 13.6 Å². The quantitative estimate of drug-likeness (QED) is 0.777. The van der Waals surface area contributed by atoms with Crippen molar-refractivity contribution in [1.82, 2.24) is 14.8 Å². The molecule has 0 radical (unpaired) electrons. The third kappa shape index (κ3) is 2.05. The third-order valence-corrected chi connectivity index (χ3v) is 2.28. The molecule has 1 unspecified atom stereocenters. The van der Waals surface area contributed by atoms with E-state index in [-0.39, 0.29) is 6.54 Å². The summed E-state index contributed by atoms with van der Waals surface area (Å²) in [4.78, 5) is 15.3. The van der Waals surface area contributed by atoms with Gasteiger partial charge in [-0.15, -0.1) is 0 Å². The van der Waals surface area contributed by atoms with Crippen molar-refractivity contribution in [3.05, 3.63) is 37.0 Å². The normalized spacial score (nSPS) is 22.2. The van der Waals surface area contributed by atoms with E-state index < -0.39 is 17.6 Å². The van der Waals surface area contributed by atoms with Crippen molar-refractivity contribution >= 4 is 5.78 Å². The predicted molar refractivity (Wildman–Crippen MR) is 51.7 cm³/mol. The van der Waals surface area contributed by atoms with Crippen LogP contribution in [0.1, 0.15) is 0 Å². The van der Waals surface area contributed by atoms with E-state index in [0.717, 1.165) is 6.08 Å². The fourth-order valence-electron chi connectivity index (χ4n) is 1.49. The summed E-state index contributed by atoms with van der Waals surface area (Å²) >= 11 is 0. The molecule has 0 amide bonds. The first-order valence-electron chi connectivity index (χ1n) is 4.68. The van der Waals surface area contributed by atoms with E-state index in [9.17, 15) is 13.6 Å². The van der Waals surface area contributed by atoms with Crippen LogP contribution in [0, 0.1) is 5.92 Å². The molecule has 0 N–H and O–H groups in total. The van der Waals surface area contributed by atoms with Gasteiger partial charge in [-0.05, 0) is 6.08 Å². The van der Waals surface area contributed by atoms with Gasteiger partial charge >= 0.3 is 0 Å². The highest BCUT2D eigenvalue weighted by Gasteiger charge is 2.41. The van der Waals surface area contributed by atoms with Crippen LogP contribution in [0.4, 0.5) is 8.78 Å². The minimum atomic E-state index is -3.12. The summed E-state index contributed by atoms with van der Waals surface area (Å²) < 4.78 is 27.9. The molecule has 1 aliphatic carbocycles. The molecule has 2 rings (SSSR count). The molecular formula is C10H9F2N3O. The van der Waals surface area contributed by atoms with Crippen LogP contribution >= 0.6 is 0 Å². The number of halogens is 2. The minimum Gasteiger partial charge on any atom is -0.297 e. The fourth-order valence-corrected chi connectivity index (χ4v) is 1.49. The molecule has 0 fully saturated rings. The first-order chi connectivity index (χ1) is 7.59. The molecule has 0 aliphatic heterocycles. The predicted octanol–water partition coefficient (Wildman–Crippen LogP) is 1.22. The minimum absolute atomic E-state index is 0.196. The Morgan fingerprint density at radius 1 is 1.44 bits per heavy atom. The van der Waals surface area contributed by atoms with E-state index in [1.807, 2.05) is 0 Å². The van der Waals surface area contributed by atoms with Gasteiger partial charge in [0.05, 0.1) is 0 Å². The fraction of sp³-hybridized carbons (Fsp3) is 0.300. The number of Topliss-reactive ketones (excluding diaryl/α,β-unsaturated/α-hetero) is 1. The zero-order valence-electron chi connectivity index (χ0n) is 8.25. The Morgan fingerprint density at radius 3 is 2.88 bits per heavy atom. The second-order valence-corrected chi connectivity index (χ2v) is 3.46. The van der Waals surface area contributed by atoms with Gasteiger partial charge in [-0.1, -0.05) is 18.2 Å². The zero-order chi connectivity index (χ0) is 11.6. The van der Waals surface area contributed by atoms with Crippen LogP contribution in [0.3, 0.4) is 0 Å². The maximum Gasteiger partial charge on any atom is 0.279 e. The molecule has 1 aliphatic rings. The summed E-state index contributed by atoms with van der Waals surface area (Å²) in [6, 6.07) is 0. The third-order valence-electron chi connectivity index (χ3n) is 2.28. The number of carbonyl (C=O) groups is 1. The molecule has 1 atom stereocenters. The van der Waals surface area contributed by atoms with Gasteiger partial charge in [0, 0.05) is 0 Å². The van der Waals surface area contributed by atoms with Crippen LogP contribution in [0.2, 0.25) is 0 Å². The van der Waals surface area contributed by atoms with Crippen molar-refractivity contribution in [2.75, 3.05) is 0 Å². The topological polar surface area (TPSA) is 47.8 Å². The van der Waals surface area contributed by atoms with Crippen molar-refractivity contribution in [2.24, 2.45) is 5.92 Å². The maximum absolute atomic E-state index is 13.3. The van der Waals surface area contributed by atoms with E-state index in [1.165, 1.54) is 35.6 Å². The molecule has 1 aromatic rings. The first-order valence-corrected chi connectivity index (χ1v) is 4.68. The van der Waals surface area contributed by atoms with Crippen LogP contribution < -0.4 is 0 Å². The maximum atomic E-state index is 13.3. The summed E-state index contributed by atoms with van der Waals surface area (Å²) in [5.74, 6) is -5.12. The molecule has 0 bridgehead atoms. The van der Waals surface area contributed by atoms with Gasteiger partial charge in [0.1, 0.15) is 25.1 Å². The second-order valence-electron chi connectivity index (χ2n) is 3.46. The average Bonchev–Trinajstić information content (AvgIpc) is 2.69. The highest BCUT2D eigenvalue weighted by atomic mass is 19.3. The zero-order valence-corrected chi connectivity index (χ0v) is 8.25. The number of allylic oxidation sites excluding steroid dienone is 4. The van der Waals surface area contributed by atoms with Gasteiger partial charge in [-0.25, -0.2) is 18.4 Å². The van der Waals surface area contributed by atoms with Gasteiger partial charge in [0.15, 0.2) is 5.78 Å². The van der Waals surface area contributed by atoms with Crippen molar-refractivity contribution in [2.45, 2.75) is 12.5 Å². The molecule has 0 spiro atoms. The lowest BCUT2D eigenvalue weighted by atomic mass is 9.92. The Morgan fingerprint density at radius 2 is 2.25 bits per heavy atom. The summed E-state index contributed by atoms with van der Waals surface area (Å²) in [7, 11) is 0. The van der Waals surface area contributed by atoms with Gasteiger partial charge < -0.3 is 0 Å². The smallest absolute Gasteiger partial charge is 0.279 e. The summed E-state index contributed by atoms with van der Waals surface area (Å²) in [6.07, 6.45) is 7.19. The second kappa shape index (κ2) is 3.96. The number of hydrogen-bond donors (Lipinski definition) is 0. The number of nitrogens with zero attached hydrogens (tertiary/aromatic N) is 3. The molecule has 0 saturated heterocycles. The number of carbonyl (C=O) groups excluding carboxylic acids is 1. The van der Waals surface area contributed by atoms with Crippen LogP contribution in [-0.4, -0.2) is 26.5 Å². The van der Waals surface area contributed by atoms with E-state index >= 15 is 0 Å². The SMILES string of the molecule is O=C(Cn1cncn1)C1C=CC=CC1(F)F. The number of alkyl halides is 2. The molecule has 1 aromatic heterocycles. The molecule has 84 valence electrons. The van der Waals surface area contributed by atoms with Crippen molar-refractivity contribution in [3.63, 3.8) is 0 Å². The Labute approximate surface area is 90.3 Å². The molecule has 16 heavy (non-hydrogen) atoms. The monoisotopic (exact) mass is 225 g/mol. The van der Waals surface area contributed by atoms with Gasteiger partial charge in [0.25, 0.3) is 5.92 Å². The van der Waals surface area contributed by atoms with E-state index in [1.54, 1.807) is 0 Å². The first kappa shape index (κ1) is 10.7. The number of hydrogen-bond acceptors (Lipinski definition) is 3. The lowest BCUT2D eigenvalue weighted by molar-refractivity contribution is -0.130. The summed E-state index contributed by atoms with van der Waals surface area (Å²) in [5, 5.41) is 3.70. The van der Waals surface area contributed by atoms with Crippen LogP contribution in [0.25, 0.3) is 0 Å². The molecule has 4 nitrogen and oxygen atoms in total. The highest BCUT2D eigenvalue weighted by Crippen LogP contribution is 2.31. The highest BCUT2D eigenvalue weighted by molar-refractivity contribution is 5.84. The molecule has 6 heteroatoms. The Balaban J connectivity index is 2.10. The van der Waals surface area contributed by atoms with Crippen LogP contribution in [-0.2, 0) is 11.3 Å². The van der Waals surface area contributed by atoms with Crippen LogP contribution in [0.15, 0.2) is 37.0 Å². The van der Waals surface area contributed by atoms with E-state index in [2.05, 4.69) is 10.1 Å². The molecule has 0 aromatic carbocycles. The average molecular weight is 225 g/mol. The van der Waals surface area contributed by atoms with E-state index in [4.69, 9.17) is 0 Å². The lowest BCUT2D eigenvalue weighted by Gasteiger charge is -2.22.